The van der Waals surface area contributed by atoms with Crippen LogP contribution in [-0.2, 0) is 0 Å². The minimum Gasteiger partial charge on any atom is -0.397 e. The lowest BCUT2D eigenvalue weighted by atomic mass is 10.1. The predicted octanol–water partition coefficient (Wildman–Crippen LogP) is 2.63. The normalized spacial score (nSPS) is 12.1. The molecule has 0 fully saturated rings. The van der Waals surface area contributed by atoms with Crippen molar-refractivity contribution in [2.24, 2.45) is 5.73 Å². The van der Waals surface area contributed by atoms with E-state index in [1.165, 1.54) is 4.88 Å². The first kappa shape index (κ1) is 13.4. The standard InChI is InChI=1S/C14H17N3OS/c1-9(12-7-4-8-19-12)17(2)13-10(14(16)18)5-3-6-11(13)15/h3-9H,15H2,1-2H3,(H2,16,18). The number of anilines is 2. The summed E-state index contributed by atoms with van der Waals surface area (Å²) in [4.78, 5) is 14.7. The first-order valence-electron chi connectivity index (χ1n) is 5.97. The van der Waals surface area contributed by atoms with Crippen LogP contribution in [0, 0.1) is 0 Å². The van der Waals surface area contributed by atoms with Crippen molar-refractivity contribution in [1.82, 2.24) is 0 Å². The Morgan fingerprint density at radius 3 is 2.63 bits per heavy atom. The quantitative estimate of drug-likeness (QED) is 0.842. The van der Waals surface area contributed by atoms with E-state index in [4.69, 9.17) is 11.5 Å². The van der Waals surface area contributed by atoms with Gasteiger partial charge in [0.15, 0.2) is 0 Å². The number of hydrogen-bond donors (Lipinski definition) is 2. The highest BCUT2D eigenvalue weighted by molar-refractivity contribution is 7.10. The van der Waals surface area contributed by atoms with Gasteiger partial charge in [-0.05, 0) is 30.5 Å². The minimum atomic E-state index is -0.465. The van der Waals surface area contributed by atoms with Gasteiger partial charge in [0, 0.05) is 11.9 Å². The highest BCUT2D eigenvalue weighted by atomic mass is 32.1. The van der Waals surface area contributed by atoms with Crippen LogP contribution in [0.5, 0.6) is 0 Å². The summed E-state index contributed by atoms with van der Waals surface area (Å²) in [5.74, 6) is -0.465. The molecule has 0 radical (unpaired) electrons. The molecular weight excluding hydrogens is 258 g/mol. The van der Waals surface area contributed by atoms with E-state index in [1.54, 1.807) is 29.5 Å². The summed E-state index contributed by atoms with van der Waals surface area (Å²) in [6.45, 7) is 2.07. The second-order valence-corrected chi connectivity index (χ2v) is 5.39. The molecule has 1 aromatic heterocycles. The largest absolute Gasteiger partial charge is 0.397 e. The Labute approximate surface area is 116 Å². The van der Waals surface area contributed by atoms with Crippen LogP contribution < -0.4 is 16.4 Å². The summed E-state index contributed by atoms with van der Waals surface area (Å²) in [7, 11) is 1.92. The summed E-state index contributed by atoms with van der Waals surface area (Å²) in [6.07, 6.45) is 0. The van der Waals surface area contributed by atoms with Crippen molar-refractivity contribution in [2.45, 2.75) is 13.0 Å². The molecule has 0 aliphatic rings. The lowest BCUT2D eigenvalue weighted by molar-refractivity contribution is 0.100. The van der Waals surface area contributed by atoms with Crippen molar-refractivity contribution < 1.29 is 4.79 Å². The third kappa shape index (κ3) is 2.56. The molecule has 4 N–H and O–H groups in total. The van der Waals surface area contributed by atoms with Gasteiger partial charge in [-0.1, -0.05) is 12.1 Å². The molecule has 1 aromatic carbocycles. The van der Waals surface area contributed by atoms with Crippen LogP contribution in [0.2, 0.25) is 0 Å². The van der Waals surface area contributed by atoms with Crippen molar-refractivity contribution in [3.63, 3.8) is 0 Å². The topological polar surface area (TPSA) is 72.3 Å². The zero-order valence-electron chi connectivity index (χ0n) is 11.0. The fraction of sp³-hybridized carbons (Fsp3) is 0.214. The van der Waals surface area contributed by atoms with Gasteiger partial charge in [0.1, 0.15) is 0 Å². The minimum absolute atomic E-state index is 0.128. The number of benzene rings is 1. The monoisotopic (exact) mass is 275 g/mol. The number of nitrogens with zero attached hydrogens (tertiary/aromatic N) is 1. The van der Waals surface area contributed by atoms with E-state index in [-0.39, 0.29) is 6.04 Å². The van der Waals surface area contributed by atoms with Gasteiger partial charge >= 0.3 is 0 Å². The van der Waals surface area contributed by atoms with Crippen LogP contribution in [0.25, 0.3) is 0 Å². The van der Waals surface area contributed by atoms with E-state index in [0.29, 0.717) is 16.9 Å². The maximum absolute atomic E-state index is 11.5. The molecule has 0 bridgehead atoms. The van der Waals surface area contributed by atoms with Gasteiger partial charge in [0.05, 0.1) is 23.0 Å². The third-order valence-electron chi connectivity index (χ3n) is 3.22. The molecule has 1 atom stereocenters. The Hall–Kier alpha value is -2.01. The number of carbonyl (C=O) groups excluding carboxylic acids is 1. The first-order valence-corrected chi connectivity index (χ1v) is 6.85. The first-order chi connectivity index (χ1) is 9.02. The van der Waals surface area contributed by atoms with E-state index < -0.39 is 5.91 Å². The molecule has 100 valence electrons. The molecule has 2 rings (SSSR count). The number of carbonyl (C=O) groups is 1. The second-order valence-electron chi connectivity index (χ2n) is 4.41. The number of thiophene rings is 1. The van der Waals surface area contributed by atoms with E-state index in [1.807, 2.05) is 23.4 Å². The Bertz CT molecular complexity index is 580. The predicted molar refractivity (Wildman–Crippen MR) is 80.5 cm³/mol. The van der Waals surface area contributed by atoms with Crippen molar-refractivity contribution >= 4 is 28.6 Å². The van der Waals surface area contributed by atoms with Gasteiger partial charge in [-0.3, -0.25) is 4.79 Å². The fourth-order valence-corrected chi connectivity index (χ4v) is 2.89. The van der Waals surface area contributed by atoms with E-state index in [0.717, 1.165) is 0 Å². The Kier molecular flexibility index (Phi) is 3.76. The van der Waals surface area contributed by atoms with E-state index >= 15 is 0 Å². The molecule has 1 amide bonds. The lowest BCUT2D eigenvalue weighted by Crippen LogP contribution is -2.26. The smallest absolute Gasteiger partial charge is 0.250 e. The molecule has 0 aliphatic heterocycles. The molecule has 0 aliphatic carbocycles. The van der Waals surface area contributed by atoms with Gasteiger partial charge in [-0.25, -0.2) is 0 Å². The number of hydrogen-bond acceptors (Lipinski definition) is 4. The fourth-order valence-electron chi connectivity index (χ4n) is 2.07. The van der Waals surface area contributed by atoms with Crippen molar-refractivity contribution in [1.29, 1.82) is 0 Å². The number of amides is 1. The molecule has 19 heavy (non-hydrogen) atoms. The number of nitrogens with two attached hydrogens (primary N) is 2. The van der Waals surface area contributed by atoms with E-state index in [2.05, 4.69) is 13.0 Å². The molecule has 0 spiro atoms. The summed E-state index contributed by atoms with van der Waals surface area (Å²) in [6, 6.07) is 9.42. The highest BCUT2D eigenvalue weighted by Crippen LogP contribution is 2.34. The second kappa shape index (κ2) is 5.32. The SMILES string of the molecule is CC(c1cccs1)N(C)c1c(N)cccc1C(N)=O. The number of para-hydroxylation sites is 1. The number of primary amides is 1. The van der Waals surface area contributed by atoms with Crippen LogP contribution in [0.4, 0.5) is 11.4 Å². The summed E-state index contributed by atoms with van der Waals surface area (Å²) >= 11 is 1.68. The molecule has 5 heteroatoms. The Morgan fingerprint density at radius 2 is 2.05 bits per heavy atom. The average molecular weight is 275 g/mol. The molecule has 0 saturated heterocycles. The zero-order valence-corrected chi connectivity index (χ0v) is 11.8. The maximum Gasteiger partial charge on any atom is 0.250 e. The molecular formula is C14H17N3OS. The molecule has 0 saturated carbocycles. The summed E-state index contributed by atoms with van der Waals surface area (Å²) < 4.78 is 0. The summed E-state index contributed by atoms with van der Waals surface area (Å²) in [5, 5.41) is 2.03. The number of rotatable bonds is 4. The van der Waals surface area contributed by atoms with Crippen LogP contribution in [0.1, 0.15) is 28.2 Å². The van der Waals surface area contributed by atoms with Crippen molar-refractivity contribution in [3.8, 4) is 0 Å². The van der Waals surface area contributed by atoms with E-state index in [9.17, 15) is 4.79 Å². The van der Waals surface area contributed by atoms with Crippen molar-refractivity contribution in [3.05, 3.63) is 46.2 Å². The van der Waals surface area contributed by atoms with Crippen LogP contribution in [0.15, 0.2) is 35.7 Å². The molecule has 4 nitrogen and oxygen atoms in total. The van der Waals surface area contributed by atoms with Gasteiger partial charge in [0.25, 0.3) is 5.91 Å². The van der Waals surface area contributed by atoms with Gasteiger partial charge in [0.2, 0.25) is 0 Å². The number of nitrogen functional groups attached to an aromatic ring is 1. The van der Waals surface area contributed by atoms with Crippen LogP contribution in [0.3, 0.4) is 0 Å². The van der Waals surface area contributed by atoms with Gasteiger partial charge in [-0.15, -0.1) is 11.3 Å². The lowest BCUT2D eigenvalue weighted by Gasteiger charge is -2.29. The molecule has 2 aromatic rings. The van der Waals surface area contributed by atoms with Crippen LogP contribution in [-0.4, -0.2) is 13.0 Å². The zero-order chi connectivity index (χ0) is 14.0. The molecule has 1 heterocycles. The maximum atomic E-state index is 11.5. The Morgan fingerprint density at radius 1 is 1.32 bits per heavy atom. The van der Waals surface area contributed by atoms with Gasteiger partial charge < -0.3 is 16.4 Å². The summed E-state index contributed by atoms with van der Waals surface area (Å²) in [5.41, 5.74) is 13.1. The Balaban J connectivity index is 2.44. The van der Waals surface area contributed by atoms with Crippen LogP contribution >= 0.6 is 11.3 Å². The highest BCUT2D eigenvalue weighted by Gasteiger charge is 2.20. The third-order valence-corrected chi connectivity index (χ3v) is 4.26. The van der Waals surface area contributed by atoms with Gasteiger partial charge in [-0.2, -0.15) is 0 Å². The van der Waals surface area contributed by atoms with Crippen molar-refractivity contribution in [2.75, 3.05) is 17.7 Å². The average Bonchev–Trinajstić information content (AvgIpc) is 2.90. The molecule has 1 unspecified atom stereocenters.